The second kappa shape index (κ2) is 9.28. The van der Waals surface area contributed by atoms with E-state index in [4.69, 9.17) is 0 Å². The lowest BCUT2D eigenvalue weighted by Gasteiger charge is -2.27. The SMILES string of the molecule is C=C(C#CC1=CC=C[C@]1(C)C(C)C#CC)CCC.CC. The molecule has 0 aromatic heterocycles. The molecule has 0 bridgehead atoms. The van der Waals surface area contributed by atoms with Crippen LogP contribution in [0, 0.1) is 35.0 Å². The van der Waals surface area contributed by atoms with Crippen molar-refractivity contribution >= 4 is 0 Å². The lowest BCUT2D eigenvalue weighted by Crippen LogP contribution is -2.22. The molecule has 2 atom stereocenters. The van der Waals surface area contributed by atoms with Crippen LogP contribution in [0.1, 0.15) is 54.4 Å². The summed E-state index contributed by atoms with van der Waals surface area (Å²) >= 11 is 0. The maximum Gasteiger partial charge on any atom is 0.0321 e. The monoisotopic (exact) mass is 268 g/mol. The van der Waals surface area contributed by atoms with Crippen LogP contribution < -0.4 is 0 Å². The molecule has 0 aliphatic heterocycles. The van der Waals surface area contributed by atoms with Crippen LogP contribution in [0.15, 0.2) is 36.0 Å². The van der Waals surface area contributed by atoms with Gasteiger partial charge < -0.3 is 0 Å². The van der Waals surface area contributed by atoms with Crippen molar-refractivity contribution in [3.63, 3.8) is 0 Å². The predicted octanol–water partition coefficient (Wildman–Crippen LogP) is 5.53. The van der Waals surface area contributed by atoms with Gasteiger partial charge in [-0.2, -0.15) is 0 Å². The van der Waals surface area contributed by atoms with Gasteiger partial charge in [0.25, 0.3) is 0 Å². The molecule has 0 N–H and O–H groups in total. The third-order valence-electron chi connectivity index (χ3n) is 3.47. The van der Waals surface area contributed by atoms with E-state index in [1.165, 1.54) is 0 Å². The molecule has 0 radical (unpaired) electrons. The van der Waals surface area contributed by atoms with Gasteiger partial charge in [-0.25, -0.2) is 0 Å². The summed E-state index contributed by atoms with van der Waals surface area (Å²) in [6.07, 6.45) is 8.46. The molecule has 0 saturated carbocycles. The highest BCUT2D eigenvalue weighted by Crippen LogP contribution is 2.40. The Hall–Kier alpha value is -1.66. The topological polar surface area (TPSA) is 0 Å². The molecular formula is C20H28. The Balaban J connectivity index is 0.00000172. The molecule has 1 aliphatic carbocycles. The summed E-state index contributed by atoms with van der Waals surface area (Å²) < 4.78 is 0. The highest BCUT2D eigenvalue weighted by Gasteiger charge is 2.33. The minimum Gasteiger partial charge on any atom is -0.106 e. The van der Waals surface area contributed by atoms with Gasteiger partial charge in [-0.1, -0.05) is 77.5 Å². The first-order valence-electron chi connectivity index (χ1n) is 7.56. The third kappa shape index (κ3) is 4.79. The van der Waals surface area contributed by atoms with Gasteiger partial charge >= 0.3 is 0 Å². The number of allylic oxidation sites excluding steroid dienone is 5. The molecule has 0 spiro atoms. The van der Waals surface area contributed by atoms with Crippen molar-refractivity contribution in [3.05, 3.63) is 36.0 Å². The van der Waals surface area contributed by atoms with Gasteiger partial charge in [0, 0.05) is 16.9 Å². The quantitative estimate of drug-likeness (QED) is 0.590. The van der Waals surface area contributed by atoms with Gasteiger partial charge in [0.15, 0.2) is 0 Å². The molecule has 0 fully saturated rings. The summed E-state index contributed by atoms with van der Waals surface area (Å²) in [4.78, 5) is 0. The molecule has 1 rings (SSSR count). The average molecular weight is 268 g/mol. The van der Waals surface area contributed by atoms with E-state index in [-0.39, 0.29) is 11.3 Å². The van der Waals surface area contributed by atoms with Crippen molar-refractivity contribution in [2.75, 3.05) is 0 Å². The van der Waals surface area contributed by atoms with E-state index in [9.17, 15) is 0 Å². The molecule has 0 nitrogen and oxygen atoms in total. The first-order chi connectivity index (χ1) is 9.54. The summed E-state index contributed by atoms with van der Waals surface area (Å²) in [7, 11) is 0. The normalized spacial score (nSPS) is 20.4. The van der Waals surface area contributed by atoms with E-state index in [0.717, 1.165) is 24.0 Å². The fourth-order valence-corrected chi connectivity index (χ4v) is 2.05. The molecule has 0 saturated heterocycles. The Morgan fingerprint density at radius 2 is 2.05 bits per heavy atom. The van der Waals surface area contributed by atoms with E-state index < -0.39 is 0 Å². The van der Waals surface area contributed by atoms with E-state index in [1.807, 2.05) is 20.8 Å². The Morgan fingerprint density at radius 3 is 2.60 bits per heavy atom. The van der Waals surface area contributed by atoms with Crippen molar-refractivity contribution in [1.82, 2.24) is 0 Å². The number of rotatable bonds is 3. The molecular weight excluding hydrogens is 240 g/mol. The zero-order valence-corrected chi connectivity index (χ0v) is 13.9. The Morgan fingerprint density at radius 1 is 1.40 bits per heavy atom. The summed E-state index contributed by atoms with van der Waals surface area (Å²) in [6.45, 7) is 16.4. The fraction of sp³-hybridized carbons (Fsp3) is 0.500. The Kier molecular flexibility index (Phi) is 8.51. The van der Waals surface area contributed by atoms with Crippen molar-refractivity contribution in [3.8, 4) is 23.7 Å². The van der Waals surface area contributed by atoms with Gasteiger partial charge in [0.1, 0.15) is 0 Å². The first kappa shape index (κ1) is 18.3. The minimum atomic E-state index is -0.0531. The van der Waals surface area contributed by atoms with Gasteiger partial charge in [0.2, 0.25) is 0 Å². The third-order valence-corrected chi connectivity index (χ3v) is 3.47. The van der Waals surface area contributed by atoms with Crippen molar-refractivity contribution in [2.24, 2.45) is 11.3 Å². The molecule has 108 valence electrons. The smallest absolute Gasteiger partial charge is 0.0321 e. The second-order valence-electron chi connectivity index (χ2n) is 4.94. The van der Waals surface area contributed by atoms with Crippen LogP contribution >= 0.6 is 0 Å². The maximum atomic E-state index is 3.99. The fourth-order valence-electron chi connectivity index (χ4n) is 2.05. The van der Waals surface area contributed by atoms with Gasteiger partial charge in [-0.3, -0.25) is 0 Å². The number of hydrogen-bond donors (Lipinski definition) is 0. The molecule has 1 aliphatic rings. The van der Waals surface area contributed by atoms with Crippen molar-refractivity contribution in [1.29, 1.82) is 0 Å². The molecule has 1 unspecified atom stereocenters. The summed E-state index contributed by atoms with van der Waals surface area (Å²) in [6, 6.07) is 0. The van der Waals surface area contributed by atoms with E-state index in [2.05, 4.69) is 69.3 Å². The van der Waals surface area contributed by atoms with Crippen LogP contribution in [0.2, 0.25) is 0 Å². The standard InChI is InChI=1S/C18H22.C2H6/c1-6-9-15(3)12-13-17-11-8-14-18(17,5)16(4)10-7-2;1-2/h8,11,14,16H,3,6,9H2,1-2,4-5H3;1-2H3/t16?,18-;/m1./s1. The zero-order valence-electron chi connectivity index (χ0n) is 13.9. The van der Waals surface area contributed by atoms with Gasteiger partial charge in [-0.05, 0) is 25.0 Å². The Bertz CT molecular complexity index is 494. The van der Waals surface area contributed by atoms with Crippen LogP contribution in [0.4, 0.5) is 0 Å². The van der Waals surface area contributed by atoms with E-state index in [1.54, 1.807) is 0 Å². The lowest BCUT2D eigenvalue weighted by atomic mass is 9.74. The van der Waals surface area contributed by atoms with Crippen molar-refractivity contribution in [2.45, 2.75) is 54.4 Å². The largest absolute Gasteiger partial charge is 0.106 e. The van der Waals surface area contributed by atoms with Gasteiger partial charge in [0.05, 0.1) is 0 Å². The number of hydrogen-bond acceptors (Lipinski definition) is 0. The van der Waals surface area contributed by atoms with E-state index >= 15 is 0 Å². The molecule has 0 heterocycles. The summed E-state index contributed by atoms with van der Waals surface area (Å²) in [5.74, 6) is 13.0. The van der Waals surface area contributed by atoms with Crippen molar-refractivity contribution < 1.29 is 0 Å². The summed E-state index contributed by atoms with van der Waals surface area (Å²) in [5, 5.41) is 0. The molecule has 20 heavy (non-hydrogen) atoms. The van der Waals surface area contributed by atoms with Gasteiger partial charge in [-0.15, -0.1) is 5.92 Å². The molecule has 0 heteroatoms. The maximum absolute atomic E-state index is 3.99. The highest BCUT2D eigenvalue weighted by atomic mass is 14.3. The second-order valence-corrected chi connectivity index (χ2v) is 4.94. The zero-order chi connectivity index (χ0) is 15.6. The average Bonchev–Trinajstić information content (AvgIpc) is 2.82. The van der Waals surface area contributed by atoms with Crippen LogP contribution in [0.3, 0.4) is 0 Å². The van der Waals surface area contributed by atoms with Crippen LogP contribution in [-0.2, 0) is 0 Å². The highest BCUT2D eigenvalue weighted by molar-refractivity contribution is 5.49. The predicted molar refractivity (Wildman–Crippen MR) is 91.1 cm³/mol. The molecule has 0 amide bonds. The minimum absolute atomic E-state index is 0.0531. The first-order valence-corrected chi connectivity index (χ1v) is 7.56. The van der Waals surface area contributed by atoms with Crippen LogP contribution in [0.25, 0.3) is 0 Å². The van der Waals surface area contributed by atoms with Crippen LogP contribution in [-0.4, -0.2) is 0 Å². The van der Waals surface area contributed by atoms with Crippen LogP contribution in [0.5, 0.6) is 0 Å². The molecule has 0 aromatic rings. The lowest BCUT2D eigenvalue weighted by molar-refractivity contribution is 0.426. The molecule has 0 aromatic carbocycles. The Labute approximate surface area is 126 Å². The summed E-state index contributed by atoms with van der Waals surface area (Å²) in [5.41, 5.74) is 2.11. The van der Waals surface area contributed by atoms with E-state index in [0.29, 0.717) is 0 Å².